The summed E-state index contributed by atoms with van der Waals surface area (Å²) in [6, 6.07) is 0.0387. The van der Waals surface area contributed by atoms with Gasteiger partial charge in [0.15, 0.2) is 0 Å². The van der Waals surface area contributed by atoms with Gasteiger partial charge in [-0.1, -0.05) is 0 Å². The summed E-state index contributed by atoms with van der Waals surface area (Å²) in [5.41, 5.74) is 0. The Morgan fingerprint density at radius 3 is 2.57 bits per heavy atom. The predicted molar refractivity (Wildman–Crippen MR) is 55.0 cm³/mol. The topological polar surface area (TPSA) is 69.6 Å². The first kappa shape index (κ1) is 11.9. The Hall–Kier alpha value is -0.170. The molecule has 2 N–H and O–H groups in total. The predicted octanol–water partition coefficient (Wildman–Crippen LogP) is -1.70. The van der Waals surface area contributed by atoms with E-state index >= 15 is 0 Å². The Morgan fingerprint density at radius 2 is 2.14 bits per heavy atom. The van der Waals surface area contributed by atoms with Crippen LogP contribution < -0.4 is 5.32 Å². The van der Waals surface area contributed by atoms with E-state index in [0.29, 0.717) is 13.1 Å². The molecular formula is C8H18N2O3S. The summed E-state index contributed by atoms with van der Waals surface area (Å²) in [7, 11) is -1.07. The van der Waals surface area contributed by atoms with Gasteiger partial charge in [0.2, 0.25) is 0 Å². The van der Waals surface area contributed by atoms with Crippen LogP contribution in [-0.4, -0.2) is 69.3 Å². The van der Waals surface area contributed by atoms with Crippen LogP contribution in [0.3, 0.4) is 0 Å². The van der Waals surface area contributed by atoms with Crippen molar-refractivity contribution in [1.82, 2.24) is 10.2 Å². The van der Waals surface area contributed by atoms with Crippen LogP contribution in [0.25, 0.3) is 0 Å². The molecule has 0 aromatic heterocycles. The maximum Gasteiger partial charge on any atom is 0.148 e. The van der Waals surface area contributed by atoms with E-state index in [1.54, 1.807) is 0 Å². The van der Waals surface area contributed by atoms with Crippen LogP contribution in [0.5, 0.6) is 0 Å². The summed E-state index contributed by atoms with van der Waals surface area (Å²) in [6.07, 6.45) is 0.837. The first-order chi connectivity index (χ1) is 6.40. The normalized spacial score (nSPS) is 28.6. The Labute approximate surface area is 85.0 Å². The van der Waals surface area contributed by atoms with Crippen LogP contribution in [0, 0.1) is 0 Å². The van der Waals surface area contributed by atoms with Crippen LogP contribution in [-0.2, 0) is 9.84 Å². The molecule has 1 aliphatic heterocycles. The van der Waals surface area contributed by atoms with Gasteiger partial charge in [0, 0.05) is 31.9 Å². The molecule has 0 radical (unpaired) electrons. The lowest BCUT2D eigenvalue weighted by Crippen LogP contribution is -2.42. The molecule has 5 nitrogen and oxygen atoms in total. The van der Waals surface area contributed by atoms with Gasteiger partial charge in [-0.25, -0.2) is 8.42 Å². The van der Waals surface area contributed by atoms with Crippen molar-refractivity contribution in [2.45, 2.75) is 12.1 Å². The molecule has 0 spiro atoms. The van der Waals surface area contributed by atoms with Crippen molar-refractivity contribution in [2.75, 3.05) is 38.7 Å². The lowest BCUT2D eigenvalue weighted by atomic mass is 10.2. The van der Waals surface area contributed by atoms with Crippen molar-refractivity contribution in [2.24, 2.45) is 0 Å². The fourth-order valence-corrected chi connectivity index (χ4v) is 2.20. The molecule has 0 aromatic carbocycles. The Balaban J connectivity index is 2.38. The molecule has 1 aliphatic rings. The summed E-state index contributed by atoms with van der Waals surface area (Å²) in [6.45, 7) is 1.79. The highest BCUT2D eigenvalue weighted by atomic mass is 32.2. The molecule has 14 heavy (non-hydrogen) atoms. The van der Waals surface area contributed by atoms with Crippen molar-refractivity contribution in [1.29, 1.82) is 0 Å². The molecule has 2 atom stereocenters. The van der Waals surface area contributed by atoms with Gasteiger partial charge >= 0.3 is 0 Å². The van der Waals surface area contributed by atoms with Gasteiger partial charge in [0.1, 0.15) is 9.84 Å². The molecule has 0 aromatic rings. The largest absolute Gasteiger partial charge is 0.390 e. The third kappa shape index (κ3) is 3.53. The number of nitrogens with one attached hydrogen (secondary N) is 1. The molecule has 0 saturated carbocycles. The van der Waals surface area contributed by atoms with E-state index in [4.69, 9.17) is 0 Å². The van der Waals surface area contributed by atoms with Crippen LogP contribution >= 0.6 is 0 Å². The zero-order valence-electron chi connectivity index (χ0n) is 8.60. The molecule has 1 heterocycles. The first-order valence-electron chi connectivity index (χ1n) is 4.67. The number of aliphatic hydroxyl groups excluding tert-OH is 1. The molecule has 0 amide bonds. The quantitative estimate of drug-likeness (QED) is 0.593. The summed E-state index contributed by atoms with van der Waals surface area (Å²) in [5.74, 6) is 0.146. The average molecular weight is 222 g/mol. The number of hydrogen-bond donors (Lipinski definition) is 2. The molecule has 0 bridgehead atoms. The van der Waals surface area contributed by atoms with Crippen LogP contribution in [0.1, 0.15) is 0 Å². The molecule has 1 fully saturated rings. The van der Waals surface area contributed by atoms with E-state index in [1.807, 2.05) is 11.9 Å². The van der Waals surface area contributed by atoms with Gasteiger partial charge in [0.25, 0.3) is 0 Å². The monoisotopic (exact) mass is 222 g/mol. The highest BCUT2D eigenvalue weighted by Crippen LogP contribution is 2.06. The van der Waals surface area contributed by atoms with E-state index in [-0.39, 0.29) is 17.9 Å². The minimum absolute atomic E-state index is 0.0387. The maximum absolute atomic E-state index is 10.9. The van der Waals surface area contributed by atoms with Gasteiger partial charge in [0.05, 0.1) is 11.9 Å². The van der Waals surface area contributed by atoms with Crippen molar-refractivity contribution >= 4 is 9.84 Å². The second-order valence-corrected chi connectivity index (χ2v) is 6.16. The van der Waals surface area contributed by atoms with Crippen molar-refractivity contribution in [3.63, 3.8) is 0 Å². The van der Waals surface area contributed by atoms with Crippen molar-refractivity contribution in [3.05, 3.63) is 0 Å². The SMILES string of the molecule is CN(CCS(C)(=O)=O)C1CNCC1O. The zero-order chi connectivity index (χ0) is 10.8. The number of likely N-dealkylation sites (N-methyl/N-ethyl adjacent to an activating group) is 1. The number of β-amino-alcohol motifs (C(OH)–C–C–N with tert-alkyl or cyclic N) is 1. The molecule has 2 unspecified atom stereocenters. The van der Waals surface area contributed by atoms with E-state index in [9.17, 15) is 13.5 Å². The smallest absolute Gasteiger partial charge is 0.148 e. The van der Waals surface area contributed by atoms with Gasteiger partial charge in [-0.15, -0.1) is 0 Å². The number of aliphatic hydroxyl groups is 1. The summed E-state index contributed by atoms with van der Waals surface area (Å²) >= 11 is 0. The standard InChI is InChI=1S/C8H18N2O3S/c1-10(3-4-14(2,12)13)7-5-9-6-8(7)11/h7-9,11H,3-6H2,1-2H3. The van der Waals surface area contributed by atoms with E-state index in [1.165, 1.54) is 6.26 Å². The molecule has 0 aliphatic carbocycles. The average Bonchev–Trinajstić information content (AvgIpc) is 2.46. The van der Waals surface area contributed by atoms with E-state index in [2.05, 4.69) is 5.32 Å². The molecule has 1 saturated heterocycles. The lowest BCUT2D eigenvalue weighted by molar-refractivity contribution is 0.103. The van der Waals surface area contributed by atoms with Crippen LogP contribution in [0.15, 0.2) is 0 Å². The van der Waals surface area contributed by atoms with Crippen molar-refractivity contribution in [3.8, 4) is 0 Å². The Bertz CT molecular complexity index is 278. The highest BCUT2D eigenvalue weighted by molar-refractivity contribution is 7.90. The second kappa shape index (κ2) is 4.57. The van der Waals surface area contributed by atoms with Crippen LogP contribution in [0.2, 0.25) is 0 Å². The molecule has 1 rings (SSSR count). The van der Waals surface area contributed by atoms with E-state index < -0.39 is 9.84 Å². The second-order valence-electron chi connectivity index (χ2n) is 3.90. The third-order valence-electron chi connectivity index (χ3n) is 2.53. The third-order valence-corrected chi connectivity index (χ3v) is 3.46. The minimum Gasteiger partial charge on any atom is -0.390 e. The maximum atomic E-state index is 10.9. The molecule has 6 heteroatoms. The Kier molecular flexibility index (Phi) is 3.88. The number of hydrogen-bond acceptors (Lipinski definition) is 5. The van der Waals surface area contributed by atoms with Gasteiger partial charge in [-0.05, 0) is 7.05 Å². The zero-order valence-corrected chi connectivity index (χ0v) is 9.42. The van der Waals surface area contributed by atoms with Gasteiger partial charge in [-0.2, -0.15) is 0 Å². The fourth-order valence-electron chi connectivity index (χ4n) is 1.58. The van der Waals surface area contributed by atoms with E-state index in [0.717, 1.165) is 6.54 Å². The summed E-state index contributed by atoms with van der Waals surface area (Å²) < 4.78 is 21.9. The lowest BCUT2D eigenvalue weighted by Gasteiger charge is -2.25. The number of nitrogens with zero attached hydrogens (tertiary/aromatic N) is 1. The van der Waals surface area contributed by atoms with Gasteiger partial charge < -0.3 is 10.4 Å². The number of rotatable bonds is 4. The van der Waals surface area contributed by atoms with Crippen molar-refractivity contribution < 1.29 is 13.5 Å². The molecular weight excluding hydrogens is 204 g/mol. The Morgan fingerprint density at radius 1 is 1.50 bits per heavy atom. The van der Waals surface area contributed by atoms with Gasteiger partial charge in [-0.3, -0.25) is 4.90 Å². The highest BCUT2D eigenvalue weighted by Gasteiger charge is 2.28. The minimum atomic E-state index is -2.91. The van der Waals surface area contributed by atoms with Crippen LogP contribution in [0.4, 0.5) is 0 Å². The fraction of sp³-hybridized carbons (Fsp3) is 1.00. The molecule has 84 valence electrons. The first-order valence-corrected chi connectivity index (χ1v) is 6.73. The summed E-state index contributed by atoms with van der Waals surface area (Å²) in [4.78, 5) is 1.89. The summed E-state index contributed by atoms with van der Waals surface area (Å²) in [5, 5.41) is 12.6. The number of sulfone groups is 1.